The third kappa shape index (κ3) is 2.31. The van der Waals surface area contributed by atoms with Gasteiger partial charge < -0.3 is 10.5 Å². The normalized spacial score (nSPS) is 28.7. The zero-order valence-corrected chi connectivity index (χ0v) is 12.2. The highest BCUT2D eigenvalue weighted by Gasteiger charge is 2.47. The van der Waals surface area contributed by atoms with E-state index in [4.69, 9.17) is 22.1 Å². The van der Waals surface area contributed by atoms with Gasteiger partial charge in [0.05, 0.1) is 5.60 Å². The molecule has 1 saturated heterocycles. The highest BCUT2D eigenvalue weighted by molar-refractivity contribution is 6.31. The van der Waals surface area contributed by atoms with Crippen molar-refractivity contribution in [1.82, 2.24) is 0 Å². The van der Waals surface area contributed by atoms with Gasteiger partial charge in [0, 0.05) is 17.2 Å². The molecule has 0 aromatic heterocycles. The lowest BCUT2D eigenvalue weighted by Crippen LogP contribution is -2.52. The zero-order valence-electron chi connectivity index (χ0n) is 11.5. The number of hydrogen-bond acceptors (Lipinski definition) is 2. The van der Waals surface area contributed by atoms with Crippen molar-refractivity contribution in [2.75, 3.05) is 6.61 Å². The molecule has 3 rings (SSSR count). The van der Waals surface area contributed by atoms with E-state index in [2.05, 4.69) is 13.0 Å². The topological polar surface area (TPSA) is 35.2 Å². The minimum Gasteiger partial charge on any atom is -0.375 e. The van der Waals surface area contributed by atoms with Crippen LogP contribution in [-0.2, 0) is 10.3 Å². The molecule has 1 aliphatic carbocycles. The van der Waals surface area contributed by atoms with Crippen molar-refractivity contribution in [3.63, 3.8) is 0 Å². The quantitative estimate of drug-likeness (QED) is 0.892. The monoisotopic (exact) mass is 279 g/mol. The van der Waals surface area contributed by atoms with Crippen LogP contribution in [0.2, 0.25) is 5.02 Å². The van der Waals surface area contributed by atoms with Crippen LogP contribution in [0.25, 0.3) is 0 Å². The third-order valence-corrected chi connectivity index (χ3v) is 5.39. The molecule has 1 aromatic rings. The van der Waals surface area contributed by atoms with E-state index in [0.29, 0.717) is 5.92 Å². The molecule has 0 bridgehead atoms. The van der Waals surface area contributed by atoms with Gasteiger partial charge in [-0.2, -0.15) is 0 Å². The van der Waals surface area contributed by atoms with E-state index in [-0.39, 0.29) is 11.1 Å². The molecule has 19 heavy (non-hydrogen) atoms. The Balaban J connectivity index is 1.85. The van der Waals surface area contributed by atoms with Gasteiger partial charge in [-0.25, -0.2) is 0 Å². The van der Waals surface area contributed by atoms with Crippen molar-refractivity contribution >= 4 is 11.6 Å². The number of rotatable bonds is 2. The molecule has 104 valence electrons. The fourth-order valence-corrected chi connectivity index (χ4v) is 3.92. The predicted molar refractivity (Wildman–Crippen MR) is 78.2 cm³/mol. The van der Waals surface area contributed by atoms with Crippen LogP contribution in [0.5, 0.6) is 0 Å². The van der Waals surface area contributed by atoms with Crippen LogP contribution in [0.1, 0.15) is 44.6 Å². The first-order valence-electron chi connectivity index (χ1n) is 7.21. The van der Waals surface area contributed by atoms with Crippen LogP contribution >= 0.6 is 11.6 Å². The lowest BCUT2D eigenvalue weighted by atomic mass is 9.66. The Morgan fingerprint density at radius 3 is 2.74 bits per heavy atom. The van der Waals surface area contributed by atoms with E-state index in [1.165, 1.54) is 19.3 Å². The zero-order chi connectivity index (χ0) is 13.5. The first-order chi connectivity index (χ1) is 9.04. The highest BCUT2D eigenvalue weighted by Crippen LogP contribution is 2.48. The standard InChI is InChI=1S/C16H22ClNO/c1-15(18,13-5-2-3-6-14(13)17)12-7-10-19-16(11-12)8-4-9-16/h2-3,5-6,12H,4,7-11,18H2,1H3. The van der Waals surface area contributed by atoms with Gasteiger partial charge in [0.25, 0.3) is 0 Å². The third-order valence-electron chi connectivity index (χ3n) is 5.06. The summed E-state index contributed by atoms with van der Waals surface area (Å²) in [5, 5.41) is 0.779. The molecule has 1 heterocycles. The van der Waals surface area contributed by atoms with Crippen LogP contribution in [0.4, 0.5) is 0 Å². The molecule has 1 aromatic carbocycles. The molecule has 2 aliphatic rings. The number of nitrogens with two attached hydrogens (primary N) is 1. The second-order valence-electron chi connectivity index (χ2n) is 6.34. The minimum atomic E-state index is -0.370. The summed E-state index contributed by atoms with van der Waals surface area (Å²) in [6, 6.07) is 7.97. The van der Waals surface area contributed by atoms with E-state index in [1.807, 2.05) is 18.2 Å². The summed E-state index contributed by atoms with van der Waals surface area (Å²) in [4.78, 5) is 0. The Kier molecular flexibility index (Phi) is 3.36. The molecule has 0 amide bonds. The van der Waals surface area contributed by atoms with Gasteiger partial charge in [-0.05, 0) is 56.6 Å². The van der Waals surface area contributed by atoms with E-state index >= 15 is 0 Å². The van der Waals surface area contributed by atoms with Crippen molar-refractivity contribution in [3.8, 4) is 0 Å². The van der Waals surface area contributed by atoms with Crippen LogP contribution in [0.3, 0.4) is 0 Å². The average molecular weight is 280 g/mol. The predicted octanol–water partition coefficient (Wildman–Crippen LogP) is 3.86. The van der Waals surface area contributed by atoms with Crippen LogP contribution < -0.4 is 5.73 Å². The van der Waals surface area contributed by atoms with E-state index < -0.39 is 0 Å². The van der Waals surface area contributed by atoms with Gasteiger partial charge in [-0.3, -0.25) is 0 Å². The van der Waals surface area contributed by atoms with Crippen molar-refractivity contribution in [2.45, 2.75) is 50.2 Å². The number of hydrogen-bond donors (Lipinski definition) is 1. The maximum Gasteiger partial charge on any atom is 0.0686 e. The summed E-state index contributed by atoms with van der Waals surface area (Å²) in [5.74, 6) is 0.446. The molecule has 2 fully saturated rings. The Labute approximate surface area is 120 Å². The molecule has 1 saturated carbocycles. The van der Waals surface area contributed by atoms with Gasteiger partial charge in [-0.1, -0.05) is 29.8 Å². The number of benzene rings is 1. The van der Waals surface area contributed by atoms with E-state index in [1.54, 1.807) is 0 Å². The molecule has 1 aliphatic heterocycles. The maximum absolute atomic E-state index is 6.67. The number of ether oxygens (including phenoxy) is 1. The fraction of sp³-hybridized carbons (Fsp3) is 0.625. The lowest BCUT2D eigenvalue weighted by Gasteiger charge is -2.50. The molecule has 2 N–H and O–H groups in total. The summed E-state index contributed by atoms with van der Waals surface area (Å²) >= 11 is 6.34. The van der Waals surface area contributed by atoms with Gasteiger partial charge >= 0.3 is 0 Å². The summed E-state index contributed by atoms with van der Waals surface area (Å²) in [7, 11) is 0. The Hall–Kier alpha value is -0.570. The molecular weight excluding hydrogens is 258 g/mol. The first-order valence-corrected chi connectivity index (χ1v) is 7.59. The molecule has 2 atom stereocenters. The molecule has 1 spiro atoms. The van der Waals surface area contributed by atoms with E-state index in [0.717, 1.165) is 30.0 Å². The van der Waals surface area contributed by atoms with Crippen LogP contribution in [0.15, 0.2) is 24.3 Å². The van der Waals surface area contributed by atoms with Gasteiger partial charge in [0.2, 0.25) is 0 Å². The number of halogens is 1. The first kappa shape index (κ1) is 13.4. The van der Waals surface area contributed by atoms with Crippen molar-refractivity contribution < 1.29 is 4.74 Å². The molecule has 2 nitrogen and oxygen atoms in total. The Morgan fingerprint density at radius 1 is 1.37 bits per heavy atom. The molecular formula is C16H22ClNO. The maximum atomic E-state index is 6.67. The highest BCUT2D eigenvalue weighted by atomic mass is 35.5. The van der Waals surface area contributed by atoms with Crippen molar-refractivity contribution in [1.29, 1.82) is 0 Å². The van der Waals surface area contributed by atoms with Gasteiger partial charge in [0.1, 0.15) is 0 Å². The Morgan fingerprint density at radius 2 is 2.11 bits per heavy atom. The summed E-state index contributed by atoms with van der Waals surface area (Å²) in [6.45, 7) is 2.96. The average Bonchev–Trinajstić information content (AvgIpc) is 2.37. The summed E-state index contributed by atoms with van der Waals surface area (Å²) < 4.78 is 6.00. The van der Waals surface area contributed by atoms with Crippen LogP contribution in [0, 0.1) is 5.92 Å². The molecule has 0 radical (unpaired) electrons. The van der Waals surface area contributed by atoms with E-state index in [9.17, 15) is 0 Å². The minimum absolute atomic E-state index is 0.130. The summed E-state index contributed by atoms with van der Waals surface area (Å²) in [6.07, 6.45) is 5.79. The summed E-state index contributed by atoms with van der Waals surface area (Å²) in [5.41, 5.74) is 7.50. The van der Waals surface area contributed by atoms with Crippen LogP contribution in [-0.4, -0.2) is 12.2 Å². The van der Waals surface area contributed by atoms with Gasteiger partial charge in [0.15, 0.2) is 0 Å². The van der Waals surface area contributed by atoms with Gasteiger partial charge in [-0.15, -0.1) is 0 Å². The van der Waals surface area contributed by atoms with Crippen molar-refractivity contribution in [3.05, 3.63) is 34.9 Å². The second-order valence-corrected chi connectivity index (χ2v) is 6.74. The molecule has 3 heteroatoms. The largest absolute Gasteiger partial charge is 0.375 e. The Bertz CT molecular complexity index is 468. The smallest absolute Gasteiger partial charge is 0.0686 e. The lowest BCUT2D eigenvalue weighted by molar-refractivity contribution is -0.151. The SMILES string of the molecule is CC(N)(c1ccccc1Cl)C1CCOC2(CCC2)C1. The second kappa shape index (κ2) is 4.76. The molecule has 2 unspecified atom stereocenters. The fourth-order valence-electron chi connectivity index (χ4n) is 3.58. The van der Waals surface area contributed by atoms with Crippen molar-refractivity contribution in [2.24, 2.45) is 11.7 Å².